The van der Waals surface area contributed by atoms with E-state index in [9.17, 15) is 9.59 Å². The number of ether oxygens (including phenoxy) is 1. The Bertz CT molecular complexity index is 643. The maximum atomic E-state index is 11.9. The smallest absolute Gasteiger partial charge is 0.293 e. The highest BCUT2D eigenvalue weighted by Crippen LogP contribution is 2.19. The third-order valence-electron chi connectivity index (χ3n) is 3.02. The number of fused-ring (bicyclic) bond motifs is 1. The summed E-state index contributed by atoms with van der Waals surface area (Å²) in [5.74, 6) is -0.207. The summed E-state index contributed by atoms with van der Waals surface area (Å²) in [7, 11) is 0. The number of hydrogen-bond acceptors (Lipinski definition) is 5. The van der Waals surface area contributed by atoms with Crippen molar-refractivity contribution in [1.29, 1.82) is 0 Å². The second-order valence-electron chi connectivity index (χ2n) is 4.44. The van der Waals surface area contributed by atoms with Crippen molar-refractivity contribution in [2.45, 2.75) is 13.0 Å². The van der Waals surface area contributed by atoms with Gasteiger partial charge in [0.1, 0.15) is 6.61 Å². The largest absolute Gasteiger partial charge is 0.463 e. The Labute approximate surface area is 121 Å². The molecule has 0 saturated carbocycles. The molecule has 6 heteroatoms. The van der Waals surface area contributed by atoms with E-state index in [1.165, 1.54) is 0 Å². The summed E-state index contributed by atoms with van der Waals surface area (Å²) in [5.41, 5.74) is 2.00. The van der Waals surface area contributed by atoms with Gasteiger partial charge >= 0.3 is 0 Å². The highest BCUT2D eigenvalue weighted by atomic mass is 16.5. The molecule has 2 N–H and O–H groups in total. The minimum absolute atomic E-state index is 0.0413. The summed E-state index contributed by atoms with van der Waals surface area (Å²) in [6, 6.07) is 6.94. The van der Waals surface area contributed by atoms with Gasteiger partial charge in [-0.3, -0.25) is 14.6 Å². The van der Waals surface area contributed by atoms with Gasteiger partial charge in [-0.15, -0.1) is 0 Å². The van der Waals surface area contributed by atoms with Crippen LogP contribution >= 0.6 is 0 Å². The molecule has 0 aliphatic carbocycles. The van der Waals surface area contributed by atoms with E-state index in [1.807, 2.05) is 0 Å². The fraction of sp³-hybridized carbons (Fsp3) is 0.267. The lowest BCUT2D eigenvalue weighted by molar-refractivity contribution is -0.129. The van der Waals surface area contributed by atoms with Gasteiger partial charge in [0, 0.05) is 35.9 Å². The third-order valence-corrected chi connectivity index (χ3v) is 3.02. The molecule has 2 aromatic rings. The fourth-order valence-electron chi connectivity index (χ4n) is 1.98. The lowest BCUT2D eigenvalue weighted by atomic mass is 10.1. The molecule has 0 radical (unpaired) electrons. The summed E-state index contributed by atoms with van der Waals surface area (Å²) >= 11 is 0. The molecule has 1 amide bonds. The molecule has 1 heterocycles. The average Bonchev–Trinajstić information content (AvgIpc) is 2.52. The topological polar surface area (TPSA) is 88.5 Å². The molecule has 0 unspecified atom stereocenters. The Morgan fingerprint density at radius 3 is 3.00 bits per heavy atom. The molecule has 110 valence electrons. The van der Waals surface area contributed by atoms with E-state index in [1.54, 1.807) is 30.5 Å². The number of aliphatic hydroxyl groups is 1. The van der Waals surface area contributed by atoms with E-state index in [-0.39, 0.29) is 19.1 Å². The standard InChI is InChI=1S/C15H16N2O4/c18-7-1-5-17-15(20)11-2-3-13-12(9-21-10-19)4-6-16-14(13)8-11/h2-4,6,8,10,18H,1,5,7,9H2,(H,17,20). The summed E-state index contributed by atoms with van der Waals surface area (Å²) in [4.78, 5) is 26.4. The molecule has 0 fully saturated rings. The molecule has 0 saturated heterocycles. The van der Waals surface area contributed by atoms with Crippen LogP contribution in [0.25, 0.3) is 10.9 Å². The monoisotopic (exact) mass is 288 g/mol. The van der Waals surface area contributed by atoms with Crippen LogP contribution in [-0.4, -0.2) is 35.6 Å². The number of aromatic nitrogens is 1. The van der Waals surface area contributed by atoms with Crippen molar-refractivity contribution < 1.29 is 19.4 Å². The van der Waals surface area contributed by atoms with Crippen LogP contribution in [-0.2, 0) is 16.1 Å². The van der Waals surface area contributed by atoms with Gasteiger partial charge in [-0.25, -0.2) is 0 Å². The van der Waals surface area contributed by atoms with Crippen molar-refractivity contribution in [3.63, 3.8) is 0 Å². The zero-order valence-corrected chi connectivity index (χ0v) is 11.4. The molecule has 0 spiro atoms. The Kier molecular flexibility index (Phi) is 5.22. The van der Waals surface area contributed by atoms with Gasteiger partial charge < -0.3 is 15.2 Å². The molecule has 0 bridgehead atoms. The van der Waals surface area contributed by atoms with Gasteiger partial charge in [-0.05, 0) is 24.6 Å². The number of rotatable bonds is 7. The molecule has 6 nitrogen and oxygen atoms in total. The number of benzene rings is 1. The Balaban J connectivity index is 2.21. The van der Waals surface area contributed by atoms with E-state index >= 15 is 0 Å². The Morgan fingerprint density at radius 2 is 2.24 bits per heavy atom. The highest BCUT2D eigenvalue weighted by molar-refractivity contribution is 5.98. The maximum Gasteiger partial charge on any atom is 0.293 e. The summed E-state index contributed by atoms with van der Waals surface area (Å²) in [6.45, 7) is 1.04. The summed E-state index contributed by atoms with van der Waals surface area (Å²) < 4.78 is 4.76. The van der Waals surface area contributed by atoms with Crippen molar-refractivity contribution in [3.05, 3.63) is 41.6 Å². The average molecular weight is 288 g/mol. The molecule has 1 aromatic heterocycles. The third kappa shape index (κ3) is 3.76. The Morgan fingerprint density at radius 1 is 1.38 bits per heavy atom. The number of nitrogens with zero attached hydrogens (tertiary/aromatic N) is 1. The number of amides is 1. The molecule has 1 aromatic carbocycles. The zero-order valence-electron chi connectivity index (χ0n) is 11.4. The summed E-state index contributed by atoms with van der Waals surface area (Å²) in [6.07, 6.45) is 2.13. The van der Waals surface area contributed by atoms with Crippen LogP contribution in [0.4, 0.5) is 0 Å². The predicted octanol–water partition coefficient (Wildman–Crippen LogP) is 1.02. The second-order valence-corrected chi connectivity index (χ2v) is 4.44. The van der Waals surface area contributed by atoms with Gasteiger partial charge in [0.05, 0.1) is 5.52 Å². The minimum atomic E-state index is -0.207. The van der Waals surface area contributed by atoms with Crippen molar-refractivity contribution in [2.24, 2.45) is 0 Å². The lowest BCUT2D eigenvalue weighted by Crippen LogP contribution is -2.24. The number of hydrogen-bond donors (Lipinski definition) is 2. The van der Waals surface area contributed by atoms with E-state index in [4.69, 9.17) is 9.84 Å². The van der Waals surface area contributed by atoms with Gasteiger partial charge in [0.25, 0.3) is 12.4 Å². The molecule has 0 atom stereocenters. The lowest BCUT2D eigenvalue weighted by Gasteiger charge is -2.08. The first kappa shape index (κ1) is 14.9. The van der Waals surface area contributed by atoms with Gasteiger partial charge in [-0.1, -0.05) is 6.07 Å². The normalized spacial score (nSPS) is 10.3. The van der Waals surface area contributed by atoms with Gasteiger partial charge in [0.15, 0.2) is 0 Å². The van der Waals surface area contributed by atoms with Crippen molar-refractivity contribution in [1.82, 2.24) is 10.3 Å². The van der Waals surface area contributed by atoms with E-state index in [2.05, 4.69) is 10.3 Å². The van der Waals surface area contributed by atoms with Crippen molar-refractivity contribution >= 4 is 23.3 Å². The first-order valence-corrected chi connectivity index (χ1v) is 6.58. The maximum absolute atomic E-state index is 11.9. The number of carbonyl (C=O) groups is 2. The van der Waals surface area contributed by atoms with E-state index < -0.39 is 0 Å². The van der Waals surface area contributed by atoms with Gasteiger partial charge in [0.2, 0.25) is 0 Å². The molecule has 0 aliphatic heterocycles. The highest BCUT2D eigenvalue weighted by Gasteiger charge is 2.08. The number of carbonyl (C=O) groups excluding carboxylic acids is 2. The van der Waals surface area contributed by atoms with Crippen molar-refractivity contribution in [2.75, 3.05) is 13.2 Å². The number of aliphatic hydroxyl groups excluding tert-OH is 1. The molecular weight excluding hydrogens is 272 g/mol. The van der Waals surface area contributed by atoms with Crippen LogP contribution in [0.5, 0.6) is 0 Å². The SMILES string of the molecule is O=COCc1ccnc2cc(C(=O)NCCCO)ccc12. The van der Waals surface area contributed by atoms with E-state index in [0.717, 1.165) is 10.9 Å². The number of nitrogens with one attached hydrogen (secondary N) is 1. The Hall–Kier alpha value is -2.47. The van der Waals surface area contributed by atoms with Crippen LogP contribution < -0.4 is 5.32 Å². The van der Waals surface area contributed by atoms with Crippen LogP contribution in [0.3, 0.4) is 0 Å². The molecule has 0 aliphatic rings. The predicted molar refractivity (Wildman–Crippen MR) is 76.6 cm³/mol. The van der Waals surface area contributed by atoms with E-state index in [0.29, 0.717) is 30.5 Å². The fourth-order valence-corrected chi connectivity index (χ4v) is 1.98. The molecular formula is C15H16N2O4. The number of pyridine rings is 1. The van der Waals surface area contributed by atoms with Crippen LogP contribution in [0, 0.1) is 0 Å². The summed E-state index contributed by atoms with van der Waals surface area (Å²) in [5, 5.41) is 12.2. The van der Waals surface area contributed by atoms with Crippen LogP contribution in [0.1, 0.15) is 22.3 Å². The van der Waals surface area contributed by atoms with Crippen LogP contribution in [0.2, 0.25) is 0 Å². The van der Waals surface area contributed by atoms with Crippen molar-refractivity contribution in [3.8, 4) is 0 Å². The quantitative estimate of drug-likeness (QED) is 0.586. The first-order chi connectivity index (χ1) is 10.3. The van der Waals surface area contributed by atoms with Gasteiger partial charge in [-0.2, -0.15) is 0 Å². The van der Waals surface area contributed by atoms with Crippen LogP contribution in [0.15, 0.2) is 30.5 Å². The second kappa shape index (κ2) is 7.35. The minimum Gasteiger partial charge on any atom is -0.463 e. The first-order valence-electron chi connectivity index (χ1n) is 6.58. The molecule has 21 heavy (non-hydrogen) atoms. The zero-order chi connectivity index (χ0) is 15.1. The molecule has 2 rings (SSSR count).